The molecule has 0 bridgehead atoms. The van der Waals surface area contributed by atoms with E-state index in [2.05, 4.69) is 33.2 Å². The molecule has 0 aliphatic heterocycles. The fraction of sp³-hybridized carbons (Fsp3) is 0.333. The van der Waals surface area contributed by atoms with E-state index in [4.69, 9.17) is 0 Å². The van der Waals surface area contributed by atoms with E-state index in [1.807, 2.05) is 41.5 Å². The van der Waals surface area contributed by atoms with Crippen LogP contribution in [-0.4, -0.2) is 22.5 Å². The van der Waals surface area contributed by atoms with Crippen molar-refractivity contribution in [3.05, 3.63) is 45.9 Å². The van der Waals surface area contributed by atoms with Crippen LogP contribution in [0.3, 0.4) is 0 Å². The Morgan fingerprint density at radius 3 is 2.86 bits per heavy atom. The smallest absolute Gasteiger partial charge is 0.318 e. The lowest BCUT2D eigenvalue weighted by atomic mass is 10.1. The minimum Gasteiger partial charge on any atom is -0.318 e. The zero-order valence-electron chi connectivity index (χ0n) is 12.0. The number of aromatic nitrogens is 1. The number of anilines is 1. The first-order chi connectivity index (χ1) is 10.1. The van der Waals surface area contributed by atoms with Crippen molar-refractivity contribution in [2.75, 3.05) is 11.9 Å². The monoisotopic (exact) mass is 367 g/mol. The first kappa shape index (κ1) is 16.0. The predicted molar refractivity (Wildman–Crippen MR) is 90.7 cm³/mol. The number of nitrogens with one attached hydrogen (secondary N) is 1. The summed E-state index contributed by atoms with van der Waals surface area (Å²) in [5, 5.41) is 5.33. The maximum atomic E-state index is 12.5. The molecule has 1 aromatic carbocycles. The Morgan fingerprint density at radius 1 is 1.48 bits per heavy atom. The normalized spacial score (nSPS) is 12.0. The van der Waals surface area contributed by atoms with Crippen molar-refractivity contribution >= 4 is 38.4 Å². The SMILES string of the molecule is CCCN(C(=O)Nc1nccs1)C(C)c1ccccc1Br. The summed E-state index contributed by atoms with van der Waals surface area (Å²) in [6.45, 7) is 4.80. The van der Waals surface area contributed by atoms with Gasteiger partial charge < -0.3 is 4.90 Å². The molecule has 0 fully saturated rings. The summed E-state index contributed by atoms with van der Waals surface area (Å²) in [5.74, 6) is 0. The molecule has 0 saturated carbocycles. The lowest BCUT2D eigenvalue weighted by molar-refractivity contribution is 0.193. The Balaban J connectivity index is 2.17. The molecule has 2 rings (SSSR count). The molecule has 1 aromatic heterocycles. The van der Waals surface area contributed by atoms with E-state index in [1.54, 1.807) is 6.20 Å². The minimum absolute atomic E-state index is 0.0134. The fourth-order valence-corrected chi connectivity index (χ4v) is 3.28. The number of carbonyl (C=O) groups is 1. The molecular weight excluding hydrogens is 350 g/mol. The molecule has 1 unspecified atom stereocenters. The average Bonchev–Trinajstić information content (AvgIpc) is 2.97. The summed E-state index contributed by atoms with van der Waals surface area (Å²) in [5.41, 5.74) is 1.10. The number of rotatable bonds is 5. The van der Waals surface area contributed by atoms with Gasteiger partial charge >= 0.3 is 6.03 Å². The lowest BCUT2D eigenvalue weighted by Gasteiger charge is -2.29. The Bertz CT molecular complexity index is 588. The number of hydrogen-bond donors (Lipinski definition) is 1. The molecular formula is C15H18BrN3OS. The molecule has 21 heavy (non-hydrogen) atoms. The maximum Gasteiger partial charge on any atom is 0.324 e. The number of benzene rings is 1. The van der Waals surface area contributed by atoms with Gasteiger partial charge in [0.25, 0.3) is 0 Å². The van der Waals surface area contributed by atoms with Crippen molar-refractivity contribution < 1.29 is 4.79 Å². The van der Waals surface area contributed by atoms with Crippen molar-refractivity contribution in [3.8, 4) is 0 Å². The van der Waals surface area contributed by atoms with E-state index >= 15 is 0 Å². The molecule has 1 heterocycles. The maximum absolute atomic E-state index is 12.5. The third-order valence-corrected chi connectivity index (χ3v) is 4.61. The van der Waals surface area contributed by atoms with Gasteiger partial charge in [-0.3, -0.25) is 5.32 Å². The van der Waals surface area contributed by atoms with E-state index in [0.29, 0.717) is 11.7 Å². The predicted octanol–water partition coefficient (Wildman–Crippen LogP) is 4.91. The molecule has 0 aliphatic rings. The first-order valence-electron chi connectivity index (χ1n) is 6.85. The van der Waals surface area contributed by atoms with E-state index in [0.717, 1.165) is 16.5 Å². The van der Waals surface area contributed by atoms with Gasteiger partial charge in [-0.05, 0) is 25.0 Å². The molecule has 2 aromatic rings. The van der Waals surface area contributed by atoms with Crippen LogP contribution in [0.25, 0.3) is 0 Å². The van der Waals surface area contributed by atoms with Crippen LogP contribution in [-0.2, 0) is 0 Å². The van der Waals surface area contributed by atoms with Crippen LogP contribution in [0, 0.1) is 0 Å². The number of carbonyl (C=O) groups excluding carboxylic acids is 1. The van der Waals surface area contributed by atoms with Crippen molar-refractivity contribution in [2.24, 2.45) is 0 Å². The lowest BCUT2D eigenvalue weighted by Crippen LogP contribution is -2.37. The summed E-state index contributed by atoms with van der Waals surface area (Å²) in [6, 6.07) is 7.86. The Morgan fingerprint density at radius 2 is 2.24 bits per heavy atom. The summed E-state index contributed by atoms with van der Waals surface area (Å²) < 4.78 is 1.01. The fourth-order valence-electron chi connectivity index (χ4n) is 2.14. The van der Waals surface area contributed by atoms with Crippen LogP contribution in [0.4, 0.5) is 9.93 Å². The topological polar surface area (TPSA) is 45.2 Å². The van der Waals surface area contributed by atoms with Crippen LogP contribution in [0.5, 0.6) is 0 Å². The molecule has 1 atom stereocenters. The van der Waals surface area contributed by atoms with Gasteiger partial charge in [-0.1, -0.05) is 41.1 Å². The number of amides is 2. The van der Waals surface area contributed by atoms with Gasteiger partial charge in [-0.2, -0.15) is 0 Å². The molecule has 0 saturated heterocycles. The van der Waals surface area contributed by atoms with Gasteiger partial charge in [0.15, 0.2) is 5.13 Å². The van der Waals surface area contributed by atoms with Gasteiger partial charge in [0.05, 0.1) is 6.04 Å². The molecule has 4 nitrogen and oxygen atoms in total. The standard InChI is InChI=1S/C15H18BrN3OS/c1-3-9-19(15(20)18-14-17-8-10-21-14)11(2)12-6-4-5-7-13(12)16/h4-8,10-11H,3,9H2,1-2H3,(H,17,18,20). The molecule has 0 aliphatic carbocycles. The van der Waals surface area contributed by atoms with Crippen LogP contribution < -0.4 is 5.32 Å². The van der Waals surface area contributed by atoms with Crippen molar-refractivity contribution in [2.45, 2.75) is 26.3 Å². The zero-order chi connectivity index (χ0) is 15.2. The molecule has 1 N–H and O–H groups in total. The highest BCUT2D eigenvalue weighted by Gasteiger charge is 2.22. The Kier molecular flexibility index (Phi) is 5.76. The number of thiazole rings is 1. The second-order valence-electron chi connectivity index (χ2n) is 4.66. The van der Waals surface area contributed by atoms with Crippen molar-refractivity contribution in [1.82, 2.24) is 9.88 Å². The van der Waals surface area contributed by atoms with Crippen molar-refractivity contribution in [1.29, 1.82) is 0 Å². The largest absolute Gasteiger partial charge is 0.324 e. The third kappa shape index (κ3) is 4.04. The zero-order valence-corrected chi connectivity index (χ0v) is 14.4. The molecule has 2 amide bonds. The van der Waals surface area contributed by atoms with Gasteiger partial charge in [0, 0.05) is 22.6 Å². The van der Waals surface area contributed by atoms with E-state index in [1.165, 1.54) is 11.3 Å². The Labute approximate surface area is 137 Å². The number of hydrogen-bond acceptors (Lipinski definition) is 3. The van der Waals surface area contributed by atoms with Gasteiger partial charge in [-0.15, -0.1) is 11.3 Å². The summed E-state index contributed by atoms with van der Waals surface area (Å²) in [6.07, 6.45) is 2.59. The van der Waals surface area contributed by atoms with Crippen LogP contribution in [0.2, 0.25) is 0 Å². The number of halogens is 1. The highest BCUT2D eigenvalue weighted by Crippen LogP contribution is 2.28. The van der Waals surface area contributed by atoms with Gasteiger partial charge in [0.2, 0.25) is 0 Å². The highest BCUT2D eigenvalue weighted by atomic mass is 79.9. The summed E-state index contributed by atoms with van der Waals surface area (Å²) in [7, 11) is 0. The second-order valence-corrected chi connectivity index (χ2v) is 6.41. The quantitative estimate of drug-likeness (QED) is 0.815. The van der Waals surface area contributed by atoms with Gasteiger partial charge in [0.1, 0.15) is 0 Å². The number of urea groups is 1. The van der Waals surface area contributed by atoms with Gasteiger partial charge in [-0.25, -0.2) is 9.78 Å². The molecule has 112 valence electrons. The molecule has 0 spiro atoms. The highest BCUT2D eigenvalue weighted by molar-refractivity contribution is 9.10. The average molecular weight is 368 g/mol. The minimum atomic E-state index is -0.116. The molecule has 0 radical (unpaired) electrons. The number of nitrogens with zero attached hydrogens (tertiary/aromatic N) is 2. The Hall–Kier alpha value is -1.40. The second kappa shape index (κ2) is 7.56. The summed E-state index contributed by atoms with van der Waals surface area (Å²) >= 11 is 4.98. The van der Waals surface area contributed by atoms with Crippen LogP contribution >= 0.6 is 27.3 Å². The van der Waals surface area contributed by atoms with Crippen LogP contribution in [0.1, 0.15) is 31.9 Å². The van der Waals surface area contributed by atoms with Crippen LogP contribution in [0.15, 0.2) is 40.3 Å². The van der Waals surface area contributed by atoms with E-state index in [-0.39, 0.29) is 12.1 Å². The summed E-state index contributed by atoms with van der Waals surface area (Å²) in [4.78, 5) is 18.4. The van der Waals surface area contributed by atoms with Crippen molar-refractivity contribution in [3.63, 3.8) is 0 Å². The first-order valence-corrected chi connectivity index (χ1v) is 8.52. The molecule has 6 heteroatoms. The van der Waals surface area contributed by atoms with E-state index < -0.39 is 0 Å². The third-order valence-electron chi connectivity index (χ3n) is 3.19. The van der Waals surface area contributed by atoms with E-state index in [9.17, 15) is 4.79 Å².